The van der Waals surface area contributed by atoms with E-state index in [1.54, 1.807) is 16.5 Å². The maximum absolute atomic E-state index is 9.25. The number of rotatable bonds is 3. The van der Waals surface area contributed by atoms with Gasteiger partial charge in [0.05, 0.1) is 25.0 Å². The molecule has 0 N–H and O–H groups in total. The normalized spacial score (nSPS) is 14.9. The Labute approximate surface area is 156 Å². The smallest absolute Gasteiger partial charge is 0.179 e. The van der Waals surface area contributed by atoms with E-state index in [0.717, 1.165) is 42.9 Å². The Bertz CT molecular complexity index is 1080. The lowest BCUT2D eigenvalue weighted by atomic mass is 10.0. The van der Waals surface area contributed by atoms with Crippen molar-refractivity contribution in [2.24, 2.45) is 0 Å². The molecule has 136 valence electrons. The van der Waals surface area contributed by atoms with Gasteiger partial charge in [0.25, 0.3) is 0 Å². The van der Waals surface area contributed by atoms with E-state index in [2.05, 4.69) is 27.7 Å². The molecule has 0 saturated carbocycles. The maximum Gasteiger partial charge on any atom is 0.179 e. The molecule has 4 heterocycles. The molecule has 9 heteroatoms. The van der Waals surface area contributed by atoms with E-state index in [9.17, 15) is 5.26 Å². The number of hydrogen-bond acceptors (Lipinski definition) is 7. The Hall–Kier alpha value is -3.59. The molecule has 0 aliphatic carbocycles. The second-order valence-electron chi connectivity index (χ2n) is 6.55. The minimum absolute atomic E-state index is 0.233. The van der Waals surface area contributed by atoms with Crippen LogP contribution in [-0.4, -0.2) is 49.7 Å². The number of nitriles is 2. The van der Waals surface area contributed by atoms with Crippen molar-refractivity contribution in [1.29, 1.82) is 10.5 Å². The Morgan fingerprint density at radius 3 is 2.70 bits per heavy atom. The fourth-order valence-electron chi connectivity index (χ4n) is 3.62. The molecule has 0 radical (unpaired) electrons. The van der Waals surface area contributed by atoms with Gasteiger partial charge in [0.1, 0.15) is 28.6 Å². The van der Waals surface area contributed by atoms with Crippen molar-refractivity contribution >= 4 is 5.52 Å². The van der Waals surface area contributed by atoms with Crippen LogP contribution in [0.1, 0.15) is 30.1 Å². The molecule has 9 nitrogen and oxygen atoms in total. The number of nitrogens with zero attached hydrogens (tertiary/aromatic N) is 8. The van der Waals surface area contributed by atoms with Gasteiger partial charge in [-0.1, -0.05) is 5.21 Å². The highest BCUT2D eigenvalue weighted by Gasteiger charge is 2.24. The van der Waals surface area contributed by atoms with Crippen LogP contribution in [0.3, 0.4) is 0 Å². The van der Waals surface area contributed by atoms with Crippen molar-refractivity contribution in [3.05, 3.63) is 29.7 Å². The van der Waals surface area contributed by atoms with Crippen molar-refractivity contribution in [3.8, 4) is 29.3 Å². The number of hydrogen-bond donors (Lipinski definition) is 0. The van der Waals surface area contributed by atoms with Crippen LogP contribution in [0, 0.1) is 29.7 Å². The first-order valence-electron chi connectivity index (χ1n) is 8.68. The first kappa shape index (κ1) is 16.9. The van der Waals surface area contributed by atoms with Gasteiger partial charge in [-0.15, -0.1) is 5.10 Å². The monoisotopic (exact) mass is 362 g/mol. The largest absolute Gasteiger partial charge is 0.494 e. The summed E-state index contributed by atoms with van der Waals surface area (Å²) in [6, 6.07) is 4.22. The van der Waals surface area contributed by atoms with Crippen LogP contribution < -0.4 is 4.74 Å². The Kier molecular flexibility index (Phi) is 4.13. The zero-order valence-electron chi connectivity index (χ0n) is 15.1. The lowest BCUT2D eigenvalue weighted by molar-refractivity contribution is 0.237. The van der Waals surface area contributed by atoms with Crippen LogP contribution in [0.5, 0.6) is 5.75 Å². The third kappa shape index (κ3) is 2.74. The van der Waals surface area contributed by atoms with Gasteiger partial charge in [0, 0.05) is 24.8 Å². The van der Waals surface area contributed by atoms with Crippen LogP contribution in [-0.2, 0) is 0 Å². The van der Waals surface area contributed by atoms with Crippen LogP contribution in [0.4, 0.5) is 0 Å². The summed E-state index contributed by atoms with van der Waals surface area (Å²) < 4.78 is 9.06. The van der Waals surface area contributed by atoms with Gasteiger partial charge >= 0.3 is 0 Å². The highest BCUT2D eigenvalue weighted by Crippen LogP contribution is 2.32. The molecule has 0 atom stereocenters. The average molecular weight is 362 g/mol. The molecule has 3 aromatic rings. The number of ether oxygens (including phenoxy) is 1. The number of methoxy groups -OCH3 is 1. The molecular weight excluding hydrogens is 344 g/mol. The second-order valence-corrected chi connectivity index (χ2v) is 6.55. The summed E-state index contributed by atoms with van der Waals surface area (Å²) in [6.45, 7) is 3.46. The van der Waals surface area contributed by atoms with E-state index < -0.39 is 0 Å². The van der Waals surface area contributed by atoms with Gasteiger partial charge < -0.3 is 9.64 Å². The summed E-state index contributed by atoms with van der Waals surface area (Å²) in [5, 5.41) is 31.3. The summed E-state index contributed by atoms with van der Waals surface area (Å²) in [6.07, 6.45) is 7.28. The lowest BCUT2D eigenvalue weighted by Crippen LogP contribution is -2.31. The summed E-state index contributed by atoms with van der Waals surface area (Å²) in [5.41, 5.74) is 3.64. The number of fused-ring (bicyclic) bond motifs is 1. The van der Waals surface area contributed by atoms with E-state index >= 15 is 0 Å². The quantitative estimate of drug-likeness (QED) is 0.655. The lowest BCUT2D eigenvalue weighted by Gasteiger charge is -2.28. The molecule has 0 aromatic carbocycles. The van der Waals surface area contributed by atoms with Gasteiger partial charge in [-0.2, -0.15) is 15.6 Å². The van der Waals surface area contributed by atoms with E-state index in [1.807, 2.05) is 23.9 Å². The summed E-state index contributed by atoms with van der Waals surface area (Å²) in [5.74, 6) is 0.567. The molecule has 27 heavy (non-hydrogen) atoms. The molecule has 0 bridgehead atoms. The van der Waals surface area contributed by atoms with E-state index in [-0.39, 0.29) is 6.04 Å². The van der Waals surface area contributed by atoms with Crippen molar-refractivity contribution < 1.29 is 4.74 Å². The zero-order valence-corrected chi connectivity index (χ0v) is 15.1. The molecule has 0 amide bonds. The Balaban J connectivity index is 1.72. The van der Waals surface area contributed by atoms with Crippen LogP contribution >= 0.6 is 0 Å². The highest BCUT2D eigenvalue weighted by molar-refractivity contribution is 5.74. The van der Waals surface area contributed by atoms with Crippen molar-refractivity contribution in [2.45, 2.75) is 25.8 Å². The van der Waals surface area contributed by atoms with E-state index in [1.165, 1.54) is 6.20 Å². The maximum atomic E-state index is 9.25. The minimum atomic E-state index is 0.233. The minimum Gasteiger partial charge on any atom is -0.494 e. The molecule has 0 unspecified atom stereocenters. The molecule has 0 spiro atoms. The van der Waals surface area contributed by atoms with Gasteiger partial charge in [-0.25, -0.2) is 9.20 Å². The number of pyridine rings is 1. The first-order valence-corrected chi connectivity index (χ1v) is 8.68. The second kappa shape index (κ2) is 6.61. The summed E-state index contributed by atoms with van der Waals surface area (Å²) in [7, 11) is 1.57. The van der Waals surface area contributed by atoms with Gasteiger partial charge in [0.2, 0.25) is 0 Å². The summed E-state index contributed by atoms with van der Waals surface area (Å²) in [4.78, 5) is 1.77. The van der Waals surface area contributed by atoms with Gasteiger partial charge in [0.15, 0.2) is 6.19 Å². The van der Waals surface area contributed by atoms with Crippen LogP contribution in [0.2, 0.25) is 0 Å². The van der Waals surface area contributed by atoms with Crippen molar-refractivity contribution in [2.75, 3.05) is 20.2 Å². The third-order valence-corrected chi connectivity index (χ3v) is 5.07. The topological polar surface area (TPSA) is 108 Å². The number of aromatic nitrogens is 5. The fraction of sp³-hybridized carbons (Fsp3) is 0.389. The number of piperidine rings is 1. The van der Waals surface area contributed by atoms with E-state index in [0.29, 0.717) is 16.8 Å². The van der Waals surface area contributed by atoms with Gasteiger partial charge in [-0.05, 0) is 25.8 Å². The molecule has 1 aliphatic heterocycles. The Morgan fingerprint density at radius 1 is 1.26 bits per heavy atom. The van der Waals surface area contributed by atoms with Gasteiger partial charge in [-0.3, -0.25) is 0 Å². The summed E-state index contributed by atoms with van der Waals surface area (Å²) >= 11 is 0. The molecular formula is C18H18N8O. The van der Waals surface area contributed by atoms with E-state index in [4.69, 9.17) is 10.00 Å². The standard InChI is InChI=1S/C18H18N8O/c1-12-17(22-23-26(12)15-3-5-24(11-20)6-4-15)13-7-16(27-2)18-14(8-19)9-21-25(18)10-13/h7,9-10,15H,3-6H2,1-2H3. The highest BCUT2D eigenvalue weighted by atomic mass is 16.5. The molecule has 4 rings (SSSR count). The predicted molar refractivity (Wildman–Crippen MR) is 95.7 cm³/mol. The third-order valence-electron chi connectivity index (χ3n) is 5.07. The SMILES string of the molecule is COc1cc(-c2nnn(C3CCN(C#N)CC3)c2C)cn2ncc(C#N)c12. The predicted octanol–water partition coefficient (Wildman–Crippen LogP) is 1.90. The fourth-order valence-corrected chi connectivity index (χ4v) is 3.62. The van der Waals surface area contributed by atoms with Crippen molar-refractivity contribution in [1.82, 2.24) is 29.5 Å². The molecule has 3 aromatic heterocycles. The average Bonchev–Trinajstić information content (AvgIpc) is 3.30. The molecule has 1 fully saturated rings. The Morgan fingerprint density at radius 2 is 2.04 bits per heavy atom. The van der Waals surface area contributed by atoms with Crippen LogP contribution in [0.15, 0.2) is 18.5 Å². The van der Waals surface area contributed by atoms with Crippen LogP contribution in [0.25, 0.3) is 16.8 Å². The number of likely N-dealkylation sites (tertiary alicyclic amines) is 1. The van der Waals surface area contributed by atoms with Crippen molar-refractivity contribution in [3.63, 3.8) is 0 Å². The molecule has 1 saturated heterocycles. The molecule has 1 aliphatic rings. The zero-order chi connectivity index (χ0) is 19.0. The first-order chi connectivity index (χ1) is 13.2.